The van der Waals surface area contributed by atoms with Gasteiger partial charge in [0.15, 0.2) is 5.96 Å². The molecule has 1 heterocycles. The van der Waals surface area contributed by atoms with E-state index in [9.17, 15) is 4.79 Å². The molecule has 23 heavy (non-hydrogen) atoms. The Morgan fingerprint density at radius 1 is 1.43 bits per heavy atom. The first kappa shape index (κ1) is 17.3. The lowest BCUT2D eigenvalue weighted by atomic mass is 10.1. The van der Waals surface area contributed by atoms with E-state index < -0.39 is 0 Å². The molecule has 0 radical (unpaired) electrons. The number of carbonyl (C=O) groups excluding carboxylic acids is 1. The first-order valence-electron chi connectivity index (χ1n) is 8.43. The second-order valence-electron chi connectivity index (χ2n) is 6.06. The van der Waals surface area contributed by atoms with E-state index in [4.69, 9.17) is 0 Å². The van der Waals surface area contributed by atoms with E-state index in [2.05, 4.69) is 46.8 Å². The molecular weight excluding hydrogens is 288 g/mol. The number of aryl methyl sites for hydroxylation is 1. The maximum atomic E-state index is 11.7. The molecule has 0 bridgehead atoms. The van der Waals surface area contributed by atoms with Crippen molar-refractivity contribution in [2.75, 3.05) is 26.7 Å². The van der Waals surface area contributed by atoms with Crippen molar-refractivity contribution < 1.29 is 4.79 Å². The van der Waals surface area contributed by atoms with Crippen LogP contribution in [0.5, 0.6) is 0 Å². The van der Waals surface area contributed by atoms with Gasteiger partial charge in [-0.05, 0) is 25.3 Å². The van der Waals surface area contributed by atoms with E-state index in [1.165, 1.54) is 11.1 Å². The molecule has 2 rings (SSSR count). The Labute approximate surface area is 139 Å². The summed E-state index contributed by atoms with van der Waals surface area (Å²) in [6.45, 7) is 6.47. The van der Waals surface area contributed by atoms with Crippen molar-refractivity contribution in [1.82, 2.24) is 15.5 Å². The molecule has 1 aromatic carbocycles. The lowest BCUT2D eigenvalue weighted by Gasteiger charge is -2.18. The number of hydrogen-bond donors (Lipinski definition) is 2. The van der Waals surface area contributed by atoms with Gasteiger partial charge in [0, 0.05) is 39.1 Å². The van der Waals surface area contributed by atoms with E-state index in [0.29, 0.717) is 6.42 Å². The molecule has 5 nitrogen and oxygen atoms in total. The molecule has 1 aromatic rings. The van der Waals surface area contributed by atoms with Crippen LogP contribution in [0.15, 0.2) is 29.3 Å². The number of rotatable bonds is 5. The molecule has 0 spiro atoms. The van der Waals surface area contributed by atoms with Crippen LogP contribution in [0.2, 0.25) is 0 Å². The summed E-state index contributed by atoms with van der Waals surface area (Å²) in [4.78, 5) is 17.9. The van der Waals surface area contributed by atoms with E-state index in [-0.39, 0.29) is 11.9 Å². The molecule has 1 unspecified atom stereocenters. The van der Waals surface area contributed by atoms with Crippen LogP contribution in [0, 0.1) is 6.92 Å². The highest BCUT2D eigenvalue weighted by molar-refractivity contribution is 5.80. The Balaban J connectivity index is 1.75. The first-order valence-corrected chi connectivity index (χ1v) is 8.43. The van der Waals surface area contributed by atoms with E-state index in [1.54, 1.807) is 7.05 Å². The molecule has 1 aliphatic heterocycles. The Morgan fingerprint density at radius 3 is 2.96 bits per heavy atom. The second kappa shape index (κ2) is 8.56. The number of likely N-dealkylation sites (tertiary alicyclic amines) is 1. The quantitative estimate of drug-likeness (QED) is 0.642. The molecule has 2 N–H and O–H groups in total. The third kappa shape index (κ3) is 5.27. The lowest BCUT2D eigenvalue weighted by Crippen LogP contribution is -2.45. The molecule has 1 atom stereocenters. The Bertz CT molecular complexity index is 556. The van der Waals surface area contributed by atoms with Gasteiger partial charge in [-0.25, -0.2) is 0 Å². The van der Waals surface area contributed by atoms with Crippen molar-refractivity contribution in [1.29, 1.82) is 0 Å². The fourth-order valence-electron chi connectivity index (χ4n) is 2.91. The van der Waals surface area contributed by atoms with Crippen LogP contribution in [0.25, 0.3) is 0 Å². The summed E-state index contributed by atoms with van der Waals surface area (Å²) in [5, 5.41) is 6.77. The largest absolute Gasteiger partial charge is 0.356 e. The SMILES string of the molecule is CCC(=O)N1CCC(NC(=NC)NCCc2cccc(C)c2)C1. The monoisotopic (exact) mass is 316 g/mol. The highest BCUT2D eigenvalue weighted by atomic mass is 16.2. The van der Waals surface area contributed by atoms with Crippen molar-refractivity contribution in [3.8, 4) is 0 Å². The van der Waals surface area contributed by atoms with Gasteiger partial charge in [-0.3, -0.25) is 9.79 Å². The van der Waals surface area contributed by atoms with Gasteiger partial charge >= 0.3 is 0 Å². The van der Waals surface area contributed by atoms with Crippen molar-refractivity contribution in [2.45, 2.75) is 39.2 Å². The fourth-order valence-corrected chi connectivity index (χ4v) is 2.91. The fraction of sp³-hybridized carbons (Fsp3) is 0.556. The van der Waals surface area contributed by atoms with E-state index >= 15 is 0 Å². The Morgan fingerprint density at radius 2 is 2.26 bits per heavy atom. The zero-order valence-corrected chi connectivity index (χ0v) is 14.4. The van der Waals surface area contributed by atoms with Crippen molar-refractivity contribution in [2.24, 2.45) is 4.99 Å². The molecule has 126 valence electrons. The highest BCUT2D eigenvalue weighted by Gasteiger charge is 2.25. The average molecular weight is 316 g/mol. The average Bonchev–Trinajstić information content (AvgIpc) is 3.02. The maximum Gasteiger partial charge on any atom is 0.222 e. The van der Waals surface area contributed by atoms with E-state index in [1.807, 2.05) is 11.8 Å². The van der Waals surface area contributed by atoms with Gasteiger partial charge in [0.05, 0.1) is 0 Å². The van der Waals surface area contributed by atoms with Crippen molar-refractivity contribution in [3.05, 3.63) is 35.4 Å². The third-order valence-electron chi connectivity index (χ3n) is 4.20. The van der Waals surface area contributed by atoms with Gasteiger partial charge in [0.1, 0.15) is 0 Å². The van der Waals surface area contributed by atoms with Gasteiger partial charge in [-0.15, -0.1) is 0 Å². The van der Waals surface area contributed by atoms with Crippen LogP contribution in [0.4, 0.5) is 0 Å². The molecule has 1 fully saturated rings. The van der Waals surface area contributed by atoms with Crippen molar-refractivity contribution >= 4 is 11.9 Å². The predicted octanol–water partition coefficient (Wildman–Crippen LogP) is 1.71. The predicted molar refractivity (Wildman–Crippen MR) is 94.7 cm³/mol. The minimum absolute atomic E-state index is 0.233. The standard InChI is InChI=1S/C18H28N4O/c1-4-17(23)22-11-9-16(13-22)21-18(19-3)20-10-8-15-7-5-6-14(2)12-15/h5-7,12,16H,4,8-11,13H2,1-3H3,(H2,19,20,21). The van der Waals surface area contributed by atoms with Crippen LogP contribution >= 0.6 is 0 Å². The number of nitrogens with zero attached hydrogens (tertiary/aromatic N) is 2. The molecule has 0 saturated carbocycles. The van der Waals surface area contributed by atoms with Gasteiger partial charge in [0.2, 0.25) is 5.91 Å². The van der Waals surface area contributed by atoms with Crippen LogP contribution < -0.4 is 10.6 Å². The smallest absolute Gasteiger partial charge is 0.222 e. The highest BCUT2D eigenvalue weighted by Crippen LogP contribution is 2.10. The zero-order chi connectivity index (χ0) is 16.7. The van der Waals surface area contributed by atoms with Crippen LogP contribution in [0.1, 0.15) is 30.9 Å². The molecule has 1 saturated heterocycles. The number of guanidine groups is 1. The molecule has 0 aliphatic carbocycles. The number of carbonyl (C=O) groups is 1. The number of amides is 1. The van der Waals surface area contributed by atoms with Crippen LogP contribution in [-0.4, -0.2) is 49.5 Å². The Kier molecular flexibility index (Phi) is 6.44. The Hall–Kier alpha value is -2.04. The molecular formula is C18H28N4O. The summed E-state index contributed by atoms with van der Waals surface area (Å²) in [7, 11) is 1.78. The van der Waals surface area contributed by atoms with Crippen LogP contribution in [0.3, 0.4) is 0 Å². The normalized spacial score (nSPS) is 18.1. The van der Waals surface area contributed by atoms with Crippen molar-refractivity contribution in [3.63, 3.8) is 0 Å². The lowest BCUT2D eigenvalue weighted by molar-refractivity contribution is -0.129. The van der Waals surface area contributed by atoms with Gasteiger partial charge in [-0.1, -0.05) is 36.8 Å². The van der Waals surface area contributed by atoms with Gasteiger partial charge in [-0.2, -0.15) is 0 Å². The zero-order valence-electron chi connectivity index (χ0n) is 14.4. The minimum Gasteiger partial charge on any atom is -0.356 e. The van der Waals surface area contributed by atoms with E-state index in [0.717, 1.165) is 38.4 Å². The summed E-state index contributed by atoms with van der Waals surface area (Å²) in [5.74, 6) is 1.05. The number of nitrogens with one attached hydrogen (secondary N) is 2. The van der Waals surface area contributed by atoms with Gasteiger partial charge in [0.25, 0.3) is 0 Å². The summed E-state index contributed by atoms with van der Waals surface area (Å²) in [6.07, 6.45) is 2.52. The summed E-state index contributed by atoms with van der Waals surface area (Å²) >= 11 is 0. The second-order valence-corrected chi connectivity index (χ2v) is 6.06. The van der Waals surface area contributed by atoms with Crippen LogP contribution in [-0.2, 0) is 11.2 Å². The maximum absolute atomic E-state index is 11.7. The van der Waals surface area contributed by atoms with Gasteiger partial charge < -0.3 is 15.5 Å². The number of hydrogen-bond acceptors (Lipinski definition) is 2. The summed E-state index contributed by atoms with van der Waals surface area (Å²) in [5.41, 5.74) is 2.62. The third-order valence-corrected chi connectivity index (χ3v) is 4.20. The number of benzene rings is 1. The first-order chi connectivity index (χ1) is 11.1. The number of aliphatic imine (C=N–C) groups is 1. The molecule has 0 aromatic heterocycles. The molecule has 1 amide bonds. The molecule has 5 heteroatoms. The summed E-state index contributed by atoms with van der Waals surface area (Å²) < 4.78 is 0. The minimum atomic E-state index is 0.233. The topological polar surface area (TPSA) is 56.7 Å². The molecule has 1 aliphatic rings. The summed E-state index contributed by atoms with van der Waals surface area (Å²) in [6, 6.07) is 8.85.